The standard InChI is InChI=1S/C20H20N2O3/c1-2-25-19-13-16(8-9-18(19)23)12-17(14-21)20(24)22-11-10-15-6-4-3-5-7-15/h3-9,12-13,23H,2,10-11H2,1H3,(H,22,24)/b17-12+. The predicted molar refractivity (Wildman–Crippen MR) is 96.0 cm³/mol. The number of carbonyl (C=O) groups excluding carboxylic acids is 1. The van der Waals surface area contributed by atoms with Gasteiger partial charge in [0.25, 0.3) is 5.91 Å². The highest BCUT2D eigenvalue weighted by Gasteiger charge is 2.10. The van der Waals surface area contributed by atoms with Gasteiger partial charge in [0.05, 0.1) is 6.61 Å². The molecule has 2 aromatic rings. The number of amides is 1. The van der Waals surface area contributed by atoms with Gasteiger partial charge in [0.2, 0.25) is 0 Å². The highest BCUT2D eigenvalue weighted by atomic mass is 16.5. The van der Waals surface area contributed by atoms with Crippen molar-refractivity contribution in [3.63, 3.8) is 0 Å². The summed E-state index contributed by atoms with van der Waals surface area (Å²) in [6, 6.07) is 16.4. The number of phenolic OH excluding ortho intramolecular Hbond substituents is 1. The third-order valence-electron chi connectivity index (χ3n) is 3.50. The Morgan fingerprint density at radius 1 is 1.28 bits per heavy atom. The van der Waals surface area contributed by atoms with E-state index in [1.54, 1.807) is 12.1 Å². The van der Waals surface area contributed by atoms with Crippen molar-refractivity contribution in [1.29, 1.82) is 5.26 Å². The fourth-order valence-electron chi connectivity index (χ4n) is 2.27. The molecule has 1 amide bonds. The average Bonchev–Trinajstić information content (AvgIpc) is 2.63. The number of phenols is 1. The quantitative estimate of drug-likeness (QED) is 0.601. The summed E-state index contributed by atoms with van der Waals surface area (Å²) in [6.45, 7) is 2.66. The summed E-state index contributed by atoms with van der Waals surface area (Å²) < 4.78 is 5.30. The number of benzene rings is 2. The maximum absolute atomic E-state index is 12.2. The summed E-state index contributed by atoms with van der Waals surface area (Å²) in [4.78, 5) is 12.2. The molecule has 0 heterocycles. The zero-order chi connectivity index (χ0) is 18.1. The van der Waals surface area contributed by atoms with Crippen LogP contribution >= 0.6 is 0 Å². The van der Waals surface area contributed by atoms with Gasteiger partial charge in [0.1, 0.15) is 11.6 Å². The van der Waals surface area contributed by atoms with E-state index in [1.807, 2.05) is 43.3 Å². The van der Waals surface area contributed by atoms with E-state index < -0.39 is 5.91 Å². The van der Waals surface area contributed by atoms with Gasteiger partial charge in [-0.3, -0.25) is 4.79 Å². The number of carbonyl (C=O) groups is 1. The smallest absolute Gasteiger partial charge is 0.261 e. The first-order valence-electron chi connectivity index (χ1n) is 8.03. The van der Waals surface area contributed by atoms with Crippen LogP contribution in [-0.4, -0.2) is 24.2 Å². The number of hydrogen-bond donors (Lipinski definition) is 2. The molecule has 0 aliphatic rings. The first-order valence-corrected chi connectivity index (χ1v) is 8.03. The van der Waals surface area contributed by atoms with E-state index >= 15 is 0 Å². The summed E-state index contributed by atoms with van der Waals surface area (Å²) in [5.74, 6) is -0.0905. The molecule has 0 aromatic heterocycles. The van der Waals surface area contributed by atoms with Crippen molar-refractivity contribution >= 4 is 12.0 Å². The van der Waals surface area contributed by atoms with Crippen molar-refractivity contribution in [3.8, 4) is 17.6 Å². The van der Waals surface area contributed by atoms with Crippen molar-refractivity contribution in [2.45, 2.75) is 13.3 Å². The molecule has 0 aliphatic heterocycles. The van der Waals surface area contributed by atoms with Crippen molar-refractivity contribution in [2.24, 2.45) is 0 Å². The molecular weight excluding hydrogens is 316 g/mol. The Kier molecular flexibility index (Phi) is 6.61. The number of nitriles is 1. The zero-order valence-corrected chi connectivity index (χ0v) is 14.0. The van der Waals surface area contributed by atoms with Gasteiger partial charge < -0.3 is 15.2 Å². The van der Waals surface area contributed by atoms with Crippen LogP contribution in [0.3, 0.4) is 0 Å². The molecule has 128 valence electrons. The third kappa shape index (κ3) is 5.40. The van der Waals surface area contributed by atoms with Crippen LogP contribution in [0.1, 0.15) is 18.1 Å². The van der Waals surface area contributed by atoms with Crippen LogP contribution in [0.5, 0.6) is 11.5 Å². The van der Waals surface area contributed by atoms with E-state index in [4.69, 9.17) is 4.74 Å². The topological polar surface area (TPSA) is 82.3 Å². The fraction of sp³-hybridized carbons (Fsp3) is 0.200. The maximum atomic E-state index is 12.2. The number of rotatable bonds is 7. The Balaban J connectivity index is 2.02. The van der Waals surface area contributed by atoms with E-state index in [0.29, 0.717) is 30.9 Å². The minimum Gasteiger partial charge on any atom is -0.504 e. The Morgan fingerprint density at radius 3 is 2.72 bits per heavy atom. The first-order chi connectivity index (χ1) is 12.1. The molecule has 0 atom stereocenters. The molecule has 5 heteroatoms. The Labute approximate surface area is 147 Å². The molecule has 0 bridgehead atoms. The van der Waals surface area contributed by atoms with Crippen LogP contribution in [0.25, 0.3) is 6.08 Å². The van der Waals surface area contributed by atoms with Gasteiger partial charge in [-0.2, -0.15) is 5.26 Å². The number of nitrogens with one attached hydrogen (secondary N) is 1. The largest absolute Gasteiger partial charge is 0.504 e. The van der Waals surface area contributed by atoms with Crippen molar-refractivity contribution in [3.05, 3.63) is 65.2 Å². The SMILES string of the molecule is CCOc1cc(/C=C(\C#N)C(=O)NCCc2ccccc2)ccc1O. The molecule has 0 saturated heterocycles. The summed E-state index contributed by atoms with van der Waals surface area (Å²) >= 11 is 0. The highest BCUT2D eigenvalue weighted by Crippen LogP contribution is 2.27. The number of ether oxygens (including phenoxy) is 1. The van der Waals surface area contributed by atoms with Gasteiger partial charge in [0.15, 0.2) is 11.5 Å². The molecular formula is C20H20N2O3. The van der Waals surface area contributed by atoms with Crippen LogP contribution in [0, 0.1) is 11.3 Å². The normalized spacial score (nSPS) is 10.8. The van der Waals surface area contributed by atoms with Crippen molar-refractivity contribution < 1.29 is 14.6 Å². The van der Waals surface area contributed by atoms with Gasteiger partial charge in [-0.15, -0.1) is 0 Å². The third-order valence-corrected chi connectivity index (χ3v) is 3.50. The van der Waals surface area contributed by atoms with E-state index in [9.17, 15) is 15.2 Å². The van der Waals surface area contributed by atoms with Gasteiger partial charge in [-0.1, -0.05) is 36.4 Å². The maximum Gasteiger partial charge on any atom is 0.261 e. The van der Waals surface area contributed by atoms with Gasteiger partial charge >= 0.3 is 0 Å². The van der Waals surface area contributed by atoms with Gasteiger partial charge in [-0.25, -0.2) is 0 Å². The number of hydrogen-bond acceptors (Lipinski definition) is 4. The van der Waals surface area contributed by atoms with Gasteiger partial charge in [0, 0.05) is 6.54 Å². The Bertz CT molecular complexity index is 792. The first kappa shape index (κ1) is 18.1. The zero-order valence-electron chi connectivity index (χ0n) is 14.0. The number of nitrogens with zero attached hydrogens (tertiary/aromatic N) is 1. The van der Waals surface area contributed by atoms with Crippen LogP contribution in [-0.2, 0) is 11.2 Å². The van der Waals surface area contributed by atoms with Crippen LogP contribution in [0.4, 0.5) is 0 Å². The molecule has 5 nitrogen and oxygen atoms in total. The summed E-state index contributed by atoms with van der Waals surface area (Å²) in [5.41, 5.74) is 1.72. The lowest BCUT2D eigenvalue weighted by Gasteiger charge is -2.07. The van der Waals surface area contributed by atoms with Gasteiger partial charge in [-0.05, 0) is 42.7 Å². The van der Waals surface area contributed by atoms with Crippen LogP contribution in [0.15, 0.2) is 54.1 Å². The minimum atomic E-state index is -0.426. The fourth-order valence-corrected chi connectivity index (χ4v) is 2.27. The molecule has 0 unspecified atom stereocenters. The van der Waals surface area contributed by atoms with E-state index in [0.717, 1.165) is 5.56 Å². The predicted octanol–water partition coefficient (Wildman–Crippen LogP) is 3.06. The second kappa shape index (κ2) is 9.14. The number of aromatic hydroxyl groups is 1. The van der Waals surface area contributed by atoms with Crippen LogP contribution in [0.2, 0.25) is 0 Å². The Morgan fingerprint density at radius 2 is 2.04 bits per heavy atom. The summed E-state index contributed by atoms with van der Waals surface area (Å²) in [7, 11) is 0. The second-order valence-electron chi connectivity index (χ2n) is 5.32. The lowest BCUT2D eigenvalue weighted by molar-refractivity contribution is -0.117. The molecule has 0 aliphatic carbocycles. The molecule has 2 aromatic carbocycles. The highest BCUT2D eigenvalue weighted by molar-refractivity contribution is 6.01. The van der Waals surface area contributed by atoms with Crippen LogP contribution < -0.4 is 10.1 Å². The van der Waals surface area contributed by atoms with E-state index in [1.165, 1.54) is 12.1 Å². The molecule has 2 N–H and O–H groups in total. The molecule has 0 spiro atoms. The molecule has 0 saturated carbocycles. The second-order valence-corrected chi connectivity index (χ2v) is 5.32. The van der Waals surface area contributed by atoms with E-state index in [2.05, 4.69) is 5.32 Å². The molecule has 0 radical (unpaired) electrons. The molecule has 0 fully saturated rings. The van der Waals surface area contributed by atoms with Crippen molar-refractivity contribution in [2.75, 3.05) is 13.2 Å². The minimum absolute atomic E-state index is 0.00111. The summed E-state index contributed by atoms with van der Waals surface area (Å²) in [5, 5.41) is 21.7. The Hall–Kier alpha value is -3.26. The van der Waals surface area contributed by atoms with Crippen molar-refractivity contribution in [1.82, 2.24) is 5.32 Å². The lowest BCUT2D eigenvalue weighted by Crippen LogP contribution is -2.26. The molecule has 2 rings (SSSR count). The van der Waals surface area contributed by atoms with E-state index in [-0.39, 0.29) is 11.3 Å². The lowest BCUT2D eigenvalue weighted by atomic mass is 10.1. The average molecular weight is 336 g/mol. The monoisotopic (exact) mass is 336 g/mol. The summed E-state index contributed by atoms with van der Waals surface area (Å²) in [6.07, 6.45) is 2.17. The molecule has 25 heavy (non-hydrogen) atoms.